The van der Waals surface area contributed by atoms with Crippen molar-refractivity contribution in [1.29, 1.82) is 0 Å². The summed E-state index contributed by atoms with van der Waals surface area (Å²) in [6.07, 6.45) is 1.23. The molecule has 1 heterocycles. The van der Waals surface area contributed by atoms with Crippen molar-refractivity contribution in [3.8, 4) is 0 Å². The number of ether oxygens (including phenoxy) is 1. The molecule has 1 aromatic heterocycles. The van der Waals surface area contributed by atoms with Crippen molar-refractivity contribution in [2.24, 2.45) is 0 Å². The van der Waals surface area contributed by atoms with Gasteiger partial charge in [-0.05, 0) is 49.9 Å². The average Bonchev–Trinajstić information content (AvgIpc) is 2.58. The lowest BCUT2D eigenvalue weighted by atomic mass is 9.91. The second kappa shape index (κ2) is 7.53. The van der Waals surface area contributed by atoms with Crippen LogP contribution in [0.4, 0.5) is 5.69 Å². The molecule has 0 spiro atoms. The van der Waals surface area contributed by atoms with Gasteiger partial charge in [0, 0.05) is 17.8 Å². The van der Waals surface area contributed by atoms with Crippen LogP contribution in [0.1, 0.15) is 49.9 Å². The van der Waals surface area contributed by atoms with Gasteiger partial charge in [-0.3, -0.25) is 19.7 Å². The number of nitrogens with zero attached hydrogens (tertiary/aromatic N) is 2. The quantitative estimate of drug-likeness (QED) is 0.345. The third-order valence-corrected chi connectivity index (χ3v) is 4.50. The number of methoxy groups -OCH3 is 1. The zero-order chi connectivity index (χ0) is 20.5. The topological polar surface area (TPSA) is 109 Å². The van der Waals surface area contributed by atoms with Crippen LogP contribution in [0.25, 0.3) is 0 Å². The van der Waals surface area contributed by atoms with Gasteiger partial charge in [0.1, 0.15) is 0 Å². The second-order valence-electron chi connectivity index (χ2n) is 6.34. The Hall–Kier alpha value is -3.29. The van der Waals surface area contributed by atoms with E-state index in [1.165, 1.54) is 13.1 Å². The molecule has 0 fully saturated rings. The Balaban J connectivity index is 2.71. The van der Waals surface area contributed by atoms with Gasteiger partial charge in [-0.15, -0.1) is 0 Å². The van der Waals surface area contributed by atoms with Crippen molar-refractivity contribution in [2.45, 2.75) is 34.2 Å². The summed E-state index contributed by atoms with van der Waals surface area (Å²) in [5.74, 6) is -0.887. The van der Waals surface area contributed by atoms with Crippen LogP contribution in [-0.4, -0.2) is 28.4 Å². The summed E-state index contributed by atoms with van der Waals surface area (Å²) in [5, 5.41) is 11.2. The van der Waals surface area contributed by atoms with Gasteiger partial charge in [-0.25, -0.2) is 4.79 Å². The van der Waals surface area contributed by atoms with Gasteiger partial charge >= 0.3 is 17.2 Å². The van der Waals surface area contributed by atoms with E-state index in [0.29, 0.717) is 16.7 Å². The van der Waals surface area contributed by atoms with Gasteiger partial charge in [0.2, 0.25) is 0 Å². The van der Waals surface area contributed by atoms with E-state index in [-0.39, 0.29) is 17.9 Å². The SMILES string of the molecule is COC(=O)c1cc([N+](=O)[O-])c(=O)n(Cc2c(C)cc(C)c(C(C)=O)c2C)c1. The molecule has 0 radical (unpaired) electrons. The lowest BCUT2D eigenvalue weighted by Crippen LogP contribution is -2.25. The molecule has 0 bridgehead atoms. The van der Waals surface area contributed by atoms with Gasteiger partial charge in [0.05, 0.1) is 24.1 Å². The Kier molecular flexibility index (Phi) is 5.58. The molecule has 0 aliphatic heterocycles. The Morgan fingerprint density at radius 1 is 1.19 bits per heavy atom. The van der Waals surface area contributed by atoms with Gasteiger partial charge in [0.15, 0.2) is 5.78 Å². The summed E-state index contributed by atoms with van der Waals surface area (Å²) < 4.78 is 5.70. The molecule has 2 rings (SSSR count). The number of pyridine rings is 1. The van der Waals surface area contributed by atoms with E-state index in [9.17, 15) is 24.5 Å². The van der Waals surface area contributed by atoms with Crippen LogP contribution in [0.2, 0.25) is 0 Å². The molecule has 0 atom stereocenters. The highest BCUT2D eigenvalue weighted by Crippen LogP contribution is 2.24. The van der Waals surface area contributed by atoms with Crippen molar-refractivity contribution in [2.75, 3.05) is 7.11 Å². The third-order valence-electron chi connectivity index (χ3n) is 4.50. The van der Waals surface area contributed by atoms with Crippen molar-refractivity contribution >= 4 is 17.4 Å². The van der Waals surface area contributed by atoms with Crippen LogP contribution in [0.15, 0.2) is 23.1 Å². The maximum absolute atomic E-state index is 12.5. The fourth-order valence-corrected chi connectivity index (χ4v) is 3.28. The molecule has 0 aliphatic carbocycles. The average molecular weight is 372 g/mol. The number of nitro groups is 1. The zero-order valence-electron chi connectivity index (χ0n) is 15.8. The Bertz CT molecular complexity index is 1020. The first-order chi connectivity index (χ1) is 12.6. The number of hydrogen-bond donors (Lipinski definition) is 0. The first-order valence-corrected chi connectivity index (χ1v) is 8.16. The second-order valence-corrected chi connectivity index (χ2v) is 6.34. The number of rotatable bonds is 5. The monoisotopic (exact) mass is 372 g/mol. The smallest absolute Gasteiger partial charge is 0.339 e. The summed E-state index contributed by atoms with van der Waals surface area (Å²) in [4.78, 5) is 46.7. The van der Waals surface area contributed by atoms with E-state index in [0.717, 1.165) is 28.9 Å². The third kappa shape index (κ3) is 3.79. The van der Waals surface area contributed by atoms with E-state index in [2.05, 4.69) is 4.74 Å². The first-order valence-electron chi connectivity index (χ1n) is 8.16. The van der Waals surface area contributed by atoms with E-state index >= 15 is 0 Å². The van der Waals surface area contributed by atoms with Crippen LogP contribution in [-0.2, 0) is 11.3 Å². The van der Waals surface area contributed by atoms with Gasteiger partial charge in [-0.2, -0.15) is 0 Å². The van der Waals surface area contributed by atoms with Crippen molar-refractivity contribution < 1.29 is 19.2 Å². The molecule has 142 valence electrons. The molecule has 8 nitrogen and oxygen atoms in total. The fourth-order valence-electron chi connectivity index (χ4n) is 3.28. The summed E-state index contributed by atoms with van der Waals surface area (Å²) in [7, 11) is 1.15. The Morgan fingerprint density at radius 3 is 2.33 bits per heavy atom. The minimum atomic E-state index is -0.837. The van der Waals surface area contributed by atoms with Crippen molar-refractivity contribution in [3.05, 3.63) is 72.2 Å². The van der Waals surface area contributed by atoms with Gasteiger partial charge in [-0.1, -0.05) is 6.07 Å². The highest BCUT2D eigenvalue weighted by Gasteiger charge is 2.22. The number of carbonyl (C=O) groups excluding carboxylic acids is 2. The van der Waals surface area contributed by atoms with Gasteiger partial charge in [0.25, 0.3) is 0 Å². The molecule has 27 heavy (non-hydrogen) atoms. The predicted octanol–water partition coefficient (Wildman–Crippen LogP) is 2.72. The van der Waals surface area contributed by atoms with E-state index in [1.54, 1.807) is 6.92 Å². The fraction of sp³-hybridized carbons (Fsp3) is 0.316. The lowest BCUT2D eigenvalue weighted by molar-refractivity contribution is -0.386. The summed E-state index contributed by atoms with van der Waals surface area (Å²) in [6, 6.07) is 2.74. The summed E-state index contributed by atoms with van der Waals surface area (Å²) in [6.45, 7) is 6.89. The Labute approximate surface area is 155 Å². The maximum Gasteiger partial charge on any atom is 0.339 e. The van der Waals surface area contributed by atoms with Crippen molar-refractivity contribution in [1.82, 2.24) is 4.57 Å². The van der Waals surface area contributed by atoms with E-state index in [1.807, 2.05) is 19.9 Å². The number of aromatic nitrogens is 1. The van der Waals surface area contributed by atoms with Gasteiger partial charge < -0.3 is 9.30 Å². The summed E-state index contributed by atoms with van der Waals surface area (Å²) in [5.41, 5.74) is 1.97. The van der Waals surface area contributed by atoms with Crippen LogP contribution < -0.4 is 5.56 Å². The molecule has 0 aliphatic rings. The number of aryl methyl sites for hydroxylation is 2. The van der Waals surface area contributed by atoms with Crippen molar-refractivity contribution in [3.63, 3.8) is 0 Å². The molecule has 2 aromatic rings. The molecular formula is C19H20N2O6. The first kappa shape index (κ1) is 20.0. The molecule has 0 N–H and O–H groups in total. The normalized spacial score (nSPS) is 10.6. The van der Waals surface area contributed by atoms with Crippen LogP contribution in [0.5, 0.6) is 0 Å². The molecule has 0 unspecified atom stereocenters. The van der Waals surface area contributed by atoms with Crippen LogP contribution >= 0.6 is 0 Å². The lowest BCUT2D eigenvalue weighted by Gasteiger charge is -2.17. The van der Waals surface area contributed by atoms with Crippen LogP contribution in [0.3, 0.4) is 0 Å². The highest BCUT2D eigenvalue weighted by molar-refractivity contribution is 5.97. The zero-order valence-corrected chi connectivity index (χ0v) is 15.8. The van der Waals surface area contributed by atoms with E-state index < -0.39 is 22.1 Å². The Morgan fingerprint density at radius 2 is 1.81 bits per heavy atom. The summed E-state index contributed by atoms with van der Waals surface area (Å²) >= 11 is 0. The number of hydrogen-bond acceptors (Lipinski definition) is 6. The number of Topliss-reactive ketones (excluding diaryl/α,β-unsaturated/α-hetero) is 1. The predicted molar refractivity (Wildman–Crippen MR) is 98.5 cm³/mol. The highest BCUT2D eigenvalue weighted by atomic mass is 16.6. The maximum atomic E-state index is 12.5. The standard InChI is InChI=1S/C19H20N2O6/c1-10-6-11(2)17(13(4)22)12(3)15(10)9-20-8-14(19(24)27-5)7-16(18(20)23)21(25)26/h6-8H,9H2,1-5H3. The minimum Gasteiger partial charge on any atom is -0.465 e. The molecule has 1 aromatic carbocycles. The minimum absolute atomic E-state index is 0.0112. The molecular weight excluding hydrogens is 352 g/mol. The number of benzene rings is 1. The van der Waals surface area contributed by atoms with Crippen LogP contribution in [0, 0.1) is 30.9 Å². The molecule has 0 saturated heterocycles. The largest absolute Gasteiger partial charge is 0.465 e. The molecule has 0 amide bonds. The van der Waals surface area contributed by atoms with E-state index in [4.69, 9.17) is 0 Å². The number of carbonyl (C=O) groups is 2. The number of ketones is 1. The molecule has 8 heteroatoms. The molecule has 0 saturated carbocycles. The number of esters is 1.